The van der Waals surface area contributed by atoms with Gasteiger partial charge in [0.05, 0.1) is 35.4 Å². The highest BCUT2D eigenvalue weighted by atomic mass is 35.5. The van der Waals surface area contributed by atoms with Crippen LogP contribution in [-0.2, 0) is 0 Å². The van der Waals surface area contributed by atoms with Crippen molar-refractivity contribution in [3.8, 4) is 23.6 Å². The van der Waals surface area contributed by atoms with E-state index in [1.54, 1.807) is 42.5 Å². The molecule has 0 saturated heterocycles. The van der Waals surface area contributed by atoms with Gasteiger partial charge in [-0.05, 0) is 41.5 Å². The van der Waals surface area contributed by atoms with E-state index in [4.69, 9.17) is 21.6 Å². The number of methoxy groups -OCH3 is 1. The first-order chi connectivity index (χ1) is 10.6. The molecule has 1 N–H and O–H groups in total. The van der Waals surface area contributed by atoms with E-state index in [0.717, 1.165) is 0 Å². The second-order valence-corrected chi connectivity index (χ2v) is 4.82. The van der Waals surface area contributed by atoms with E-state index < -0.39 is 0 Å². The zero-order chi connectivity index (χ0) is 16.1. The number of rotatable bonds is 3. The Hall–Kier alpha value is -2.95. The average molecular weight is 311 g/mol. The molecule has 0 amide bonds. The first-order valence-corrected chi connectivity index (χ1v) is 6.65. The number of hydrogen-bond donors (Lipinski definition) is 1. The summed E-state index contributed by atoms with van der Waals surface area (Å²) in [7, 11) is 1.42. The molecule has 0 unspecified atom stereocenters. The number of halogens is 1. The fourth-order valence-electron chi connectivity index (χ4n) is 1.90. The Morgan fingerprint density at radius 1 is 1.23 bits per heavy atom. The summed E-state index contributed by atoms with van der Waals surface area (Å²) in [6.45, 7) is 0. The highest BCUT2D eigenvalue weighted by Gasteiger charge is 2.09. The fraction of sp³-hybridized carbons (Fsp3) is 0.0588. The predicted molar refractivity (Wildman–Crippen MR) is 84.3 cm³/mol. The zero-order valence-corrected chi connectivity index (χ0v) is 12.4. The van der Waals surface area contributed by atoms with Gasteiger partial charge in [-0.3, -0.25) is 0 Å². The van der Waals surface area contributed by atoms with Crippen molar-refractivity contribution in [2.75, 3.05) is 7.11 Å². The fourth-order valence-corrected chi connectivity index (χ4v) is 2.12. The number of allylic oxidation sites excluding steroid dienone is 1. The molecule has 2 aromatic rings. The maximum absolute atomic E-state index is 9.71. The Morgan fingerprint density at radius 3 is 2.45 bits per heavy atom. The quantitative estimate of drug-likeness (QED) is 0.687. The summed E-state index contributed by atoms with van der Waals surface area (Å²) in [5.74, 6) is 0.0917. The molecular weight excluding hydrogens is 300 g/mol. The second-order valence-electron chi connectivity index (χ2n) is 4.41. The highest BCUT2D eigenvalue weighted by molar-refractivity contribution is 6.32. The topological polar surface area (TPSA) is 77.0 Å². The molecule has 0 bridgehead atoms. The van der Waals surface area contributed by atoms with Gasteiger partial charge in [0.1, 0.15) is 0 Å². The van der Waals surface area contributed by atoms with Crippen LogP contribution in [0.15, 0.2) is 36.4 Å². The number of phenolic OH excluding ortho intramolecular Hbond substituents is 1. The Balaban J connectivity index is 2.47. The Kier molecular flexibility index (Phi) is 4.68. The molecule has 0 aliphatic heterocycles. The number of nitriles is 2. The SMILES string of the molecule is COc1cc(/C=C(/C#N)c2ccc(C#N)cc2)cc(Cl)c1O. The lowest BCUT2D eigenvalue weighted by Crippen LogP contribution is -1.87. The lowest BCUT2D eigenvalue weighted by atomic mass is 10.0. The van der Waals surface area contributed by atoms with Crippen molar-refractivity contribution in [2.45, 2.75) is 0 Å². The number of benzene rings is 2. The highest BCUT2D eigenvalue weighted by Crippen LogP contribution is 2.36. The van der Waals surface area contributed by atoms with Crippen molar-refractivity contribution in [3.63, 3.8) is 0 Å². The summed E-state index contributed by atoms with van der Waals surface area (Å²) in [4.78, 5) is 0. The van der Waals surface area contributed by atoms with E-state index in [9.17, 15) is 10.4 Å². The summed E-state index contributed by atoms with van der Waals surface area (Å²) in [6.07, 6.45) is 1.63. The van der Waals surface area contributed by atoms with Crippen LogP contribution in [0, 0.1) is 22.7 Å². The van der Waals surface area contributed by atoms with Crippen LogP contribution in [0.5, 0.6) is 11.5 Å². The van der Waals surface area contributed by atoms with E-state index in [2.05, 4.69) is 6.07 Å². The van der Waals surface area contributed by atoms with Crippen molar-refractivity contribution >= 4 is 23.3 Å². The smallest absolute Gasteiger partial charge is 0.176 e. The van der Waals surface area contributed by atoms with Crippen LogP contribution in [0.2, 0.25) is 5.02 Å². The van der Waals surface area contributed by atoms with Gasteiger partial charge in [-0.1, -0.05) is 23.7 Å². The van der Waals surface area contributed by atoms with Gasteiger partial charge < -0.3 is 9.84 Å². The van der Waals surface area contributed by atoms with Gasteiger partial charge in [0.2, 0.25) is 0 Å². The first kappa shape index (κ1) is 15.4. The van der Waals surface area contributed by atoms with Crippen molar-refractivity contribution in [3.05, 3.63) is 58.1 Å². The van der Waals surface area contributed by atoms with Crippen LogP contribution < -0.4 is 4.74 Å². The monoisotopic (exact) mass is 310 g/mol. The molecule has 2 rings (SSSR count). The minimum absolute atomic E-state index is 0.141. The average Bonchev–Trinajstić information content (AvgIpc) is 2.55. The Bertz CT molecular complexity index is 812. The lowest BCUT2D eigenvalue weighted by molar-refractivity contribution is 0.373. The first-order valence-electron chi connectivity index (χ1n) is 6.28. The van der Waals surface area contributed by atoms with Crippen molar-refractivity contribution in [2.24, 2.45) is 0 Å². The summed E-state index contributed by atoms with van der Waals surface area (Å²) >= 11 is 5.93. The van der Waals surface area contributed by atoms with Gasteiger partial charge in [-0.2, -0.15) is 10.5 Å². The molecule has 5 heteroatoms. The van der Waals surface area contributed by atoms with Gasteiger partial charge in [-0.25, -0.2) is 0 Å². The Labute approximate surface area is 133 Å². The molecule has 0 saturated carbocycles. The number of ether oxygens (including phenoxy) is 1. The normalized spacial score (nSPS) is 10.6. The largest absolute Gasteiger partial charge is 0.503 e. The molecule has 0 atom stereocenters. The van der Waals surface area contributed by atoms with Crippen molar-refractivity contribution < 1.29 is 9.84 Å². The number of nitrogens with zero attached hydrogens (tertiary/aromatic N) is 2. The number of aromatic hydroxyl groups is 1. The van der Waals surface area contributed by atoms with Crippen molar-refractivity contribution in [1.29, 1.82) is 10.5 Å². The summed E-state index contributed by atoms with van der Waals surface area (Å²) in [5.41, 5.74) is 2.24. The minimum Gasteiger partial charge on any atom is -0.503 e. The Morgan fingerprint density at radius 2 is 1.91 bits per heavy atom. The molecule has 4 nitrogen and oxygen atoms in total. The lowest BCUT2D eigenvalue weighted by Gasteiger charge is -2.07. The molecule has 2 aromatic carbocycles. The van der Waals surface area contributed by atoms with Gasteiger partial charge in [0.15, 0.2) is 11.5 Å². The number of hydrogen-bond acceptors (Lipinski definition) is 4. The third-order valence-electron chi connectivity index (χ3n) is 3.03. The van der Waals surface area contributed by atoms with Gasteiger partial charge in [0, 0.05) is 0 Å². The third-order valence-corrected chi connectivity index (χ3v) is 3.32. The predicted octanol–water partition coefficient (Wildman–Crippen LogP) is 3.99. The number of phenols is 1. The molecule has 22 heavy (non-hydrogen) atoms. The summed E-state index contributed by atoms with van der Waals surface area (Å²) < 4.78 is 5.04. The summed E-state index contributed by atoms with van der Waals surface area (Å²) in [5, 5.41) is 28.0. The van der Waals surface area contributed by atoms with Gasteiger partial charge in [0.25, 0.3) is 0 Å². The van der Waals surface area contributed by atoms with E-state index in [-0.39, 0.29) is 16.5 Å². The van der Waals surface area contributed by atoms with E-state index in [1.807, 2.05) is 6.07 Å². The molecular formula is C17H11ClN2O2. The van der Waals surface area contributed by atoms with Crippen molar-refractivity contribution in [1.82, 2.24) is 0 Å². The van der Waals surface area contributed by atoms with Crippen LogP contribution in [0.4, 0.5) is 0 Å². The van der Waals surface area contributed by atoms with E-state index in [0.29, 0.717) is 22.3 Å². The standard InChI is InChI=1S/C17H11ClN2O2/c1-22-16-8-12(7-15(18)17(16)21)6-14(10-20)13-4-2-11(9-19)3-5-13/h2-8,21H,1H3/b14-6-. The third kappa shape index (κ3) is 3.20. The zero-order valence-electron chi connectivity index (χ0n) is 11.7. The van der Waals surface area contributed by atoms with E-state index >= 15 is 0 Å². The molecule has 0 spiro atoms. The second kappa shape index (κ2) is 6.67. The molecule has 0 aromatic heterocycles. The minimum atomic E-state index is -0.141. The van der Waals surface area contributed by atoms with Crippen LogP contribution in [-0.4, -0.2) is 12.2 Å². The van der Waals surface area contributed by atoms with Gasteiger partial charge in [-0.15, -0.1) is 0 Å². The van der Waals surface area contributed by atoms with E-state index in [1.165, 1.54) is 7.11 Å². The maximum Gasteiger partial charge on any atom is 0.176 e. The molecule has 0 radical (unpaired) electrons. The molecule has 108 valence electrons. The van der Waals surface area contributed by atoms with Crippen LogP contribution >= 0.6 is 11.6 Å². The molecule has 0 aliphatic carbocycles. The van der Waals surface area contributed by atoms with Crippen LogP contribution in [0.1, 0.15) is 16.7 Å². The molecule has 0 fully saturated rings. The molecule has 0 heterocycles. The molecule has 0 aliphatic rings. The summed E-state index contributed by atoms with van der Waals surface area (Å²) in [6, 6.07) is 14.0. The van der Waals surface area contributed by atoms with Crippen LogP contribution in [0.25, 0.3) is 11.6 Å². The van der Waals surface area contributed by atoms with Gasteiger partial charge >= 0.3 is 0 Å². The van der Waals surface area contributed by atoms with Crippen LogP contribution in [0.3, 0.4) is 0 Å². The maximum atomic E-state index is 9.71.